The molecule has 1 aliphatic rings. The Hall–Kier alpha value is -2.36. The van der Waals surface area contributed by atoms with Gasteiger partial charge in [0.2, 0.25) is 0 Å². The lowest BCUT2D eigenvalue weighted by atomic mass is 10.1. The molecule has 0 radical (unpaired) electrons. The monoisotopic (exact) mass is 227 g/mol. The topological polar surface area (TPSA) is 70.4 Å². The van der Waals surface area contributed by atoms with Gasteiger partial charge in [-0.3, -0.25) is 9.78 Å². The van der Waals surface area contributed by atoms with Crippen LogP contribution in [0.15, 0.2) is 24.4 Å². The van der Waals surface area contributed by atoms with Crippen molar-refractivity contribution < 1.29 is 15.0 Å². The zero-order valence-corrected chi connectivity index (χ0v) is 9.06. The molecule has 0 saturated carbocycles. The fraction of sp³-hybridized carbons (Fsp3) is 0.0769. The summed E-state index contributed by atoms with van der Waals surface area (Å²) < 4.78 is 0. The van der Waals surface area contributed by atoms with E-state index in [0.29, 0.717) is 27.9 Å². The molecule has 84 valence electrons. The highest BCUT2D eigenvalue weighted by Crippen LogP contribution is 2.39. The molecule has 0 amide bonds. The summed E-state index contributed by atoms with van der Waals surface area (Å²) in [5, 5.41) is 19.0. The molecule has 0 saturated heterocycles. The number of ketones is 1. The zero-order chi connectivity index (χ0) is 12.2. The van der Waals surface area contributed by atoms with Gasteiger partial charge < -0.3 is 10.2 Å². The van der Waals surface area contributed by atoms with Gasteiger partial charge in [0.15, 0.2) is 5.78 Å². The van der Waals surface area contributed by atoms with Crippen molar-refractivity contribution in [2.75, 3.05) is 0 Å². The highest BCUT2D eigenvalue weighted by molar-refractivity contribution is 6.22. The molecular weight excluding hydrogens is 218 g/mol. The van der Waals surface area contributed by atoms with Crippen molar-refractivity contribution in [1.29, 1.82) is 0 Å². The van der Waals surface area contributed by atoms with Crippen LogP contribution in [-0.4, -0.2) is 21.0 Å². The quantitative estimate of drug-likeness (QED) is 0.616. The first-order valence-electron chi connectivity index (χ1n) is 5.16. The van der Waals surface area contributed by atoms with E-state index in [1.807, 2.05) is 0 Å². The van der Waals surface area contributed by atoms with Crippen molar-refractivity contribution in [1.82, 2.24) is 4.98 Å². The second kappa shape index (κ2) is 3.07. The molecule has 1 aliphatic carbocycles. The third-order valence-electron chi connectivity index (χ3n) is 3.04. The molecule has 0 unspecified atom stereocenters. The summed E-state index contributed by atoms with van der Waals surface area (Å²) in [6.45, 7) is 1.68. The van der Waals surface area contributed by atoms with Gasteiger partial charge in [0, 0.05) is 16.7 Å². The third kappa shape index (κ3) is 1.18. The van der Waals surface area contributed by atoms with E-state index in [-0.39, 0.29) is 17.3 Å². The smallest absolute Gasteiger partial charge is 0.196 e. The fourth-order valence-electron chi connectivity index (χ4n) is 2.14. The van der Waals surface area contributed by atoms with Crippen LogP contribution >= 0.6 is 0 Å². The Bertz CT molecular complexity index is 662. The highest BCUT2D eigenvalue weighted by atomic mass is 16.3. The molecule has 0 fully saturated rings. The predicted octanol–water partition coefficient (Wildman–Crippen LogP) is 2.01. The number of pyridine rings is 1. The van der Waals surface area contributed by atoms with Crippen LogP contribution in [0.4, 0.5) is 0 Å². The first kappa shape index (κ1) is 9.84. The van der Waals surface area contributed by atoms with Crippen LogP contribution in [0.5, 0.6) is 11.5 Å². The Balaban J connectivity index is 2.38. The maximum Gasteiger partial charge on any atom is 0.196 e. The summed E-state index contributed by atoms with van der Waals surface area (Å²) in [5.74, 6) is -0.146. The van der Waals surface area contributed by atoms with E-state index < -0.39 is 0 Å². The van der Waals surface area contributed by atoms with Gasteiger partial charge in [0.1, 0.15) is 11.5 Å². The van der Waals surface area contributed by atoms with Crippen molar-refractivity contribution in [2.45, 2.75) is 6.92 Å². The Morgan fingerprint density at radius 1 is 1.18 bits per heavy atom. The van der Waals surface area contributed by atoms with Gasteiger partial charge in [0.05, 0.1) is 17.5 Å². The van der Waals surface area contributed by atoms with Crippen molar-refractivity contribution in [3.05, 3.63) is 41.1 Å². The van der Waals surface area contributed by atoms with Crippen LogP contribution in [0.25, 0.3) is 11.3 Å². The second-order valence-electron chi connectivity index (χ2n) is 4.05. The maximum absolute atomic E-state index is 12.2. The minimum atomic E-state index is -0.202. The number of benzene rings is 1. The Morgan fingerprint density at radius 2 is 1.94 bits per heavy atom. The van der Waals surface area contributed by atoms with Crippen LogP contribution in [-0.2, 0) is 0 Å². The molecule has 2 N–H and O–H groups in total. The second-order valence-corrected chi connectivity index (χ2v) is 4.05. The van der Waals surface area contributed by atoms with Crippen LogP contribution < -0.4 is 0 Å². The molecular formula is C13H9NO3. The average molecular weight is 227 g/mol. The maximum atomic E-state index is 12.2. The Morgan fingerprint density at radius 3 is 2.71 bits per heavy atom. The number of nitrogens with zero attached hydrogens (tertiary/aromatic N) is 1. The number of rotatable bonds is 0. The Labute approximate surface area is 97.2 Å². The molecule has 4 heteroatoms. The zero-order valence-electron chi connectivity index (χ0n) is 9.06. The first-order valence-corrected chi connectivity index (χ1v) is 5.16. The van der Waals surface area contributed by atoms with E-state index in [2.05, 4.69) is 4.98 Å². The molecule has 0 bridgehead atoms. The molecule has 3 rings (SSSR count). The normalized spacial score (nSPS) is 12.4. The minimum absolute atomic E-state index is 0.00845. The number of phenols is 1. The molecule has 0 spiro atoms. The highest BCUT2D eigenvalue weighted by Gasteiger charge is 2.30. The molecule has 1 heterocycles. The van der Waals surface area contributed by atoms with E-state index in [0.717, 1.165) is 0 Å². The van der Waals surface area contributed by atoms with E-state index in [4.69, 9.17) is 0 Å². The molecule has 0 aliphatic heterocycles. The van der Waals surface area contributed by atoms with Crippen molar-refractivity contribution in [3.8, 4) is 22.8 Å². The summed E-state index contributed by atoms with van der Waals surface area (Å²) in [6, 6.07) is 4.61. The number of aromatic nitrogens is 1. The summed E-state index contributed by atoms with van der Waals surface area (Å²) in [6.07, 6.45) is 1.34. The van der Waals surface area contributed by atoms with Gasteiger partial charge in [-0.05, 0) is 25.1 Å². The summed E-state index contributed by atoms with van der Waals surface area (Å²) in [5.41, 5.74) is 2.65. The van der Waals surface area contributed by atoms with Crippen LogP contribution in [0.1, 0.15) is 21.5 Å². The predicted molar refractivity (Wildman–Crippen MR) is 61.2 cm³/mol. The Kier molecular flexibility index (Phi) is 1.78. The number of hydrogen-bond donors (Lipinski definition) is 2. The van der Waals surface area contributed by atoms with Gasteiger partial charge in [-0.1, -0.05) is 0 Å². The summed E-state index contributed by atoms with van der Waals surface area (Å²) in [4.78, 5) is 16.2. The number of carbonyl (C=O) groups excluding carboxylic acids is 1. The standard InChI is InChI=1S/C13H9NO3/c1-6-10(16)5-14-12-8-3-2-7(15)4-9(8)13(17)11(6)12/h2-5,15-16H,1H3. The summed E-state index contributed by atoms with van der Waals surface area (Å²) >= 11 is 0. The van der Waals surface area contributed by atoms with Crippen LogP contribution in [0, 0.1) is 6.92 Å². The summed E-state index contributed by atoms with van der Waals surface area (Å²) in [7, 11) is 0. The van der Waals surface area contributed by atoms with E-state index in [9.17, 15) is 15.0 Å². The number of aromatic hydroxyl groups is 2. The van der Waals surface area contributed by atoms with Crippen LogP contribution in [0.3, 0.4) is 0 Å². The first-order chi connectivity index (χ1) is 8.09. The number of phenolic OH excluding ortho intramolecular Hbond substituents is 1. The molecule has 0 atom stereocenters. The number of hydrogen-bond acceptors (Lipinski definition) is 4. The fourth-order valence-corrected chi connectivity index (χ4v) is 2.14. The molecule has 2 aromatic rings. The molecule has 1 aromatic carbocycles. The van der Waals surface area contributed by atoms with E-state index in [1.165, 1.54) is 18.3 Å². The average Bonchev–Trinajstić information content (AvgIpc) is 2.58. The largest absolute Gasteiger partial charge is 0.508 e. The number of fused-ring (bicyclic) bond motifs is 3. The van der Waals surface area contributed by atoms with E-state index >= 15 is 0 Å². The van der Waals surface area contributed by atoms with Crippen LogP contribution in [0.2, 0.25) is 0 Å². The van der Waals surface area contributed by atoms with E-state index in [1.54, 1.807) is 13.0 Å². The third-order valence-corrected chi connectivity index (χ3v) is 3.04. The number of carbonyl (C=O) groups is 1. The van der Waals surface area contributed by atoms with Crippen molar-refractivity contribution >= 4 is 5.78 Å². The molecule has 1 aromatic heterocycles. The van der Waals surface area contributed by atoms with Gasteiger partial charge >= 0.3 is 0 Å². The van der Waals surface area contributed by atoms with Gasteiger partial charge in [-0.15, -0.1) is 0 Å². The SMILES string of the molecule is Cc1c(O)cnc2c1C(=O)c1cc(O)ccc1-2. The van der Waals surface area contributed by atoms with Gasteiger partial charge in [0.25, 0.3) is 0 Å². The minimum Gasteiger partial charge on any atom is -0.508 e. The lowest BCUT2D eigenvalue weighted by Gasteiger charge is -2.03. The molecule has 4 nitrogen and oxygen atoms in total. The van der Waals surface area contributed by atoms with Gasteiger partial charge in [-0.2, -0.15) is 0 Å². The lowest BCUT2D eigenvalue weighted by Crippen LogP contribution is -1.98. The lowest BCUT2D eigenvalue weighted by molar-refractivity contribution is 0.104. The van der Waals surface area contributed by atoms with Crippen molar-refractivity contribution in [3.63, 3.8) is 0 Å². The van der Waals surface area contributed by atoms with Gasteiger partial charge in [-0.25, -0.2) is 0 Å². The molecule has 17 heavy (non-hydrogen) atoms. The van der Waals surface area contributed by atoms with Crippen molar-refractivity contribution in [2.24, 2.45) is 0 Å².